The first-order valence-electron chi connectivity index (χ1n) is 25.1. The maximum atomic E-state index is 6.93. The summed E-state index contributed by atoms with van der Waals surface area (Å²) < 4.78 is 13.6. The quantitative estimate of drug-likeness (QED) is 0.180. The molecule has 2 aliphatic carbocycles. The lowest BCUT2D eigenvalue weighted by molar-refractivity contribution is 0.660. The van der Waals surface area contributed by atoms with Crippen molar-refractivity contribution in [3.8, 4) is 33.4 Å². The number of hydrogen-bond acceptors (Lipinski definition) is 4. The van der Waals surface area contributed by atoms with Gasteiger partial charge in [-0.05, 0) is 151 Å². The van der Waals surface area contributed by atoms with Crippen LogP contribution in [0.2, 0.25) is 0 Å². The van der Waals surface area contributed by atoms with Crippen molar-refractivity contribution < 1.29 is 8.83 Å². The summed E-state index contributed by atoms with van der Waals surface area (Å²) in [7, 11) is 0. The van der Waals surface area contributed by atoms with Crippen LogP contribution in [-0.2, 0) is 10.8 Å². The first-order valence-corrected chi connectivity index (χ1v) is 25.1. The second kappa shape index (κ2) is 14.8. The summed E-state index contributed by atoms with van der Waals surface area (Å²) in [6.45, 7) is 9.38. The van der Waals surface area contributed by atoms with E-state index in [1.54, 1.807) is 0 Å². The van der Waals surface area contributed by atoms with Crippen LogP contribution >= 0.6 is 0 Å². The number of nitrogens with zero attached hydrogens (tertiary/aromatic N) is 1. The van der Waals surface area contributed by atoms with Crippen LogP contribution in [0.15, 0.2) is 221 Å². The molecular formula is C68H48N2O2. The molecule has 1 N–H and O–H groups in total. The van der Waals surface area contributed by atoms with Crippen LogP contribution in [0, 0.1) is 0 Å². The third-order valence-corrected chi connectivity index (χ3v) is 16.2. The third-order valence-electron chi connectivity index (χ3n) is 16.2. The molecule has 4 heteroatoms. The number of para-hydroxylation sites is 1. The Morgan fingerprint density at radius 3 is 1.83 bits per heavy atom. The third kappa shape index (κ3) is 5.81. The van der Waals surface area contributed by atoms with E-state index in [0.29, 0.717) is 0 Å². The van der Waals surface area contributed by atoms with Crippen molar-refractivity contribution in [1.29, 1.82) is 0 Å². The van der Waals surface area contributed by atoms with Gasteiger partial charge in [0.15, 0.2) is 0 Å². The fourth-order valence-corrected chi connectivity index (χ4v) is 12.7. The van der Waals surface area contributed by atoms with E-state index in [1.807, 2.05) is 0 Å². The number of hydrogen-bond donors (Lipinski definition) is 1. The van der Waals surface area contributed by atoms with Crippen molar-refractivity contribution >= 4 is 93.9 Å². The molecule has 0 spiro atoms. The first-order chi connectivity index (χ1) is 35.2. The molecule has 0 fully saturated rings. The standard InChI is InChI=1S/C68H48N2O2/c1-67(2)53-22-12-11-20-50(53)62-54(67)25-15-27-58(62)70(46-18-9-6-10-19-46)47-31-29-42-37-52-61(39-44(42)35-47)71-59-33-32-49-51-36-41-28-30-45(34-43(41)38-60(51)72-66(49)64(52)59)69-57-26-14-24-56-65(57)63-48(40-16-7-5-8-17-40)21-13-23-55(63)68(56,3)4/h5-39,69H,1-4H3. The van der Waals surface area contributed by atoms with Crippen LogP contribution in [0.4, 0.5) is 28.4 Å². The van der Waals surface area contributed by atoms with E-state index in [-0.39, 0.29) is 10.8 Å². The van der Waals surface area contributed by atoms with E-state index >= 15 is 0 Å². The fraction of sp³-hybridized carbons (Fsp3) is 0.0882. The number of rotatable bonds is 6. The molecule has 0 atom stereocenters. The van der Waals surface area contributed by atoms with Gasteiger partial charge in [-0.2, -0.15) is 0 Å². The van der Waals surface area contributed by atoms with E-state index in [9.17, 15) is 0 Å². The minimum absolute atomic E-state index is 0.107. The minimum atomic E-state index is -0.134. The minimum Gasteiger partial charge on any atom is -0.456 e. The number of furan rings is 2. The van der Waals surface area contributed by atoms with Crippen LogP contribution in [0.5, 0.6) is 0 Å². The Bertz CT molecular complexity index is 4420. The van der Waals surface area contributed by atoms with Crippen LogP contribution in [0.3, 0.4) is 0 Å². The van der Waals surface area contributed by atoms with Crippen LogP contribution in [0.1, 0.15) is 49.9 Å². The Hall–Kier alpha value is -8.86. The van der Waals surface area contributed by atoms with Gasteiger partial charge in [0.05, 0.1) is 11.1 Å². The molecule has 15 rings (SSSR count). The molecule has 11 aromatic carbocycles. The molecule has 2 aromatic heterocycles. The average Bonchev–Trinajstić information content (AvgIpc) is 4.10. The van der Waals surface area contributed by atoms with Crippen LogP contribution < -0.4 is 10.2 Å². The summed E-state index contributed by atoms with van der Waals surface area (Å²) in [5.41, 5.74) is 21.6. The summed E-state index contributed by atoms with van der Waals surface area (Å²) in [6.07, 6.45) is 0. The van der Waals surface area contributed by atoms with E-state index in [4.69, 9.17) is 8.83 Å². The summed E-state index contributed by atoms with van der Waals surface area (Å²) in [5.74, 6) is 0. The highest BCUT2D eigenvalue weighted by atomic mass is 16.3. The van der Waals surface area contributed by atoms with E-state index in [2.05, 4.69) is 250 Å². The Balaban J connectivity index is 0.821. The monoisotopic (exact) mass is 924 g/mol. The Morgan fingerprint density at radius 2 is 1.01 bits per heavy atom. The molecule has 0 unspecified atom stereocenters. The summed E-state index contributed by atoms with van der Waals surface area (Å²) in [6, 6.07) is 77.3. The molecular weight excluding hydrogens is 877 g/mol. The second-order valence-electron chi connectivity index (χ2n) is 20.9. The van der Waals surface area contributed by atoms with E-state index in [1.165, 1.54) is 61.3 Å². The van der Waals surface area contributed by atoms with Crippen molar-refractivity contribution in [3.05, 3.63) is 235 Å². The molecule has 0 aliphatic heterocycles. The Kier molecular flexibility index (Phi) is 8.44. The highest BCUT2D eigenvalue weighted by molar-refractivity contribution is 6.24. The Morgan fingerprint density at radius 1 is 0.389 bits per heavy atom. The smallest absolute Gasteiger partial charge is 0.147 e. The Labute approximate surface area is 417 Å². The van der Waals surface area contributed by atoms with Gasteiger partial charge in [0, 0.05) is 60.9 Å². The van der Waals surface area contributed by atoms with Crippen LogP contribution in [0.25, 0.3) is 98.8 Å². The molecule has 4 nitrogen and oxygen atoms in total. The zero-order chi connectivity index (χ0) is 48.0. The largest absolute Gasteiger partial charge is 0.456 e. The molecule has 2 aliphatic rings. The summed E-state index contributed by atoms with van der Waals surface area (Å²) in [4.78, 5) is 2.41. The van der Waals surface area contributed by atoms with Crippen molar-refractivity contribution in [2.75, 3.05) is 10.2 Å². The van der Waals surface area contributed by atoms with Gasteiger partial charge < -0.3 is 19.1 Å². The molecule has 0 saturated carbocycles. The average molecular weight is 925 g/mol. The van der Waals surface area contributed by atoms with Gasteiger partial charge >= 0.3 is 0 Å². The molecule has 2 heterocycles. The normalized spacial score (nSPS) is 14.1. The predicted molar refractivity (Wildman–Crippen MR) is 301 cm³/mol. The van der Waals surface area contributed by atoms with Gasteiger partial charge in [0.1, 0.15) is 22.3 Å². The lowest BCUT2D eigenvalue weighted by atomic mass is 9.82. The highest BCUT2D eigenvalue weighted by Crippen LogP contribution is 2.56. The zero-order valence-corrected chi connectivity index (χ0v) is 40.5. The van der Waals surface area contributed by atoms with E-state index < -0.39 is 0 Å². The maximum Gasteiger partial charge on any atom is 0.147 e. The summed E-state index contributed by atoms with van der Waals surface area (Å²) in [5, 5.41) is 12.6. The highest BCUT2D eigenvalue weighted by Gasteiger charge is 2.39. The molecule has 13 aromatic rings. The predicted octanol–water partition coefficient (Wildman–Crippen LogP) is 19.3. The van der Waals surface area contributed by atoms with Gasteiger partial charge in [-0.25, -0.2) is 0 Å². The van der Waals surface area contributed by atoms with Gasteiger partial charge in [-0.3, -0.25) is 0 Å². The molecule has 0 saturated heterocycles. The lowest BCUT2D eigenvalue weighted by Gasteiger charge is -2.29. The van der Waals surface area contributed by atoms with Gasteiger partial charge in [0.2, 0.25) is 0 Å². The molecule has 72 heavy (non-hydrogen) atoms. The number of fused-ring (bicyclic) bond motifs is 15. The maximum absolute atomic E-state index is 6.93. The molecule has 0 amide bonds. The number of anilines is 5. The second-order valence-corrected chi connectivity index (χ2v) is 20.9. The number of nitrogens with one attached hydrogen (secondary N) is 1. The van der Waals surface area contributed by atoms with Gasteiger partial charge in [0.25, 0.3) is 0 Å². The number of benzene rings is 11. The van der Waals surface area contributed by atoms with Crippen molar-refractivity contribution in [1.82, 2.24) is 0 Å². The first kappa shape index (κ1) is 41.0. The van der Waals surface area contributed by atoms with Gasteiger partial charge in [-0.15, -0.1) is 0 Å². The molecule has 0 radical (unpaired) electrons. The summed E-state index contributed by atoms with van der Waals surface area (Å²) >= 11 is 0. The lowest BCUT2D eigenvalue weighted by Crippen LogP contribution is -2.16. The fourth-order valence-electron chi connectivity index (χ4n) is 12.7. The zero-order valence-electron chi connectivity index (χ0n) is 40.5. The topological polar surface area (TPSA) is 41.6 Å². The van der Waals surface area contributed by atoms with Crippen molar-refractivity contribution in [3.63, 3.8) is 0 Å². The van der Waals surface area contributed by atoms with Crippen molar-refractivity contribution in [2.45, 2.75) is 38.5 Å². The van der Waals surface area contributed by atoms with Gasteiger partial charge in [-0.1, -0.05) is 155 Å². The van der Waals surface area contributed by atoms with Crippen molar-refractivity contribution in [2.24, 2.45) is 0 Å². The SMILES string of the molecule is CC1(C)c2cccc(Nc3ccc4cc5c(cc4c3)oc3c5ccc4oc5cc6cc(N(c7ccccc7)c7cccc8c7-c7ccccc7C8(C)C)ccc6cc5c43)c2-c2c(-c3ccccc3)cccc21. The molecule has 0 bridgehead atoms. The van der Waals surface area contributed by atoms with Crippen LogP contribution in [-0.4, -0.2) is 0 Å². The molecule has 342 valence electrons. The van der Waals surface area contributed by atoms with E-state index in [0.717, 1.165) is 88.2 Å².